The lowest BCUT2D eigenvalue weighted by Crippen LogP contribution is -2.42. The van der Waals surface area contributed by atoms with E-state index in [1.54, 1.807) is 0 Å². The van der Waals surface area contributed by atoms with E-state index >= 15 is 0 Å². The molecule has 0 amide bonds. The van der Waals surface area contributed by atoms with Gasteiger partial charge in [-0.1, -0.05) is 40.5 Å². The van der Waals surface area contributed by atoms with E-state index in [2.05, 4.69) is 40.3 Å². The van der Waals surface area contributed by atoms with Crippen LogP contribution in [-0.2, 0) is 11.2 Å². The summed E-state index contributed by atoms with van der Waals surface area (Å²) >= 11 is 9.88. The topological polar surface area (TPSA) is 21.3 Å². The van der Waals surface area contributed by atoms with Crippen molar-refractivity contribution in [2.24, 2.45) is 5.92 Å². The molecule has 2 bridgehead atoms. The Morgan fingerprint density at radius 3 is 2.90 bits per heavy atom. The summed E-state index contributed by atoms with van der Waals surface area (Å²) in [5.41, 5.74) is 1.23. The summed E-state index contributed by atoms with van der Waals surface area (Å²) in [7, 11) is 0. The lowest BCUT2D eigenvalue weighted by Gasteiger charge is -2.30. The Kier molecular flexibility index (Phi) is 5.26. The average Bonchev–Trinajstić information content (AvgIpc) is 3.08. The summed E-state index contributed by atoms with van der Waals surface area (Å²) < 4.78 is 7.09. The fraction of sp³-hybridized carbons (Fsp3) is 0.647. The summed E-state index contributed by atoms with van der Waals surface area (Å²) in [6, 6.07) is 6.68. The SMILES string of the molecule is CCCNC(Cc1ccc(Br)cc1Cl)C1CC2CCC1O2. The van der Waals surface area contributed by atoms with Gasteiger partial charge in [0.1, 0.15) is 0 Å². The zero-order valence-corrected chi connectivity index (χ0v) is 14.8. The number of halogens is 2. The van der Waals surface area contributed by atoms with Gasteiger partial charge in [0.25, 0.3) is 0 Å². The second kappa shape index (κ2) is 6.99. The largest absolute Gasteiger partial charge is 0.375 e. The molecular weight excluding hydrogens is 350 g/mol. The number of nitrogens with one attached hydrogen (secondary N) is 1. The molecule has 0 saturated carbocycles. The molecule has 0 aromatic heterocycles. The summed E-state index contributed by atoms with van der Waals surface area (Å²) in [5, 5.41) is 4.59. The van der Waals surface area contributed by atoms with Gasteiger partial charge in [-0.05, 0) is 56.3 Å². The van der Waals surface area contributed by atoms with E-state index in [-0.39, 0.29) is 0 Å². The molecule has 4 atom stereocenters. The number of rotatable bonds is 6. The third-order valence-corrected chi connectivity index (χ3v) is 5.63. The average molecular weight is 373 g/mol. The second-order valence-corrected chi connectivity index (χ2v) is 7.60. The molecule has 2 aliphatic rings. The first-order valence-corrected chi connectivity index (χ1v) is 9.17. The van der Waals surface area contributed by atoms with E-state index in [1.165, 1.54) is 24.8 Å². The molecule has 2 fully saturated rings. The molecule has 1 N–H and O–H groups in total. The highest BCUT2D eigenvalue weighted by Gasteiger charge is 2.44. The molecule has 2 heterocycles. The van der Waals surface area contributed by atoms with E-state index in [4.69, 9.17) is 16.3 Å². The van der Waals surface area contributed by atoms with Gasteiger partial charge in [0, 0.05) is 21.5 Å². The van der Waals surface area contributed by atoms with Crippen molar-refractivity contribution in [2.75, 3.05) is 6.54 Å². The maximum atomic E-state index is 6.40. The zero-order valence-electron chi connectivity index (χ0n) is 12.4. The summed E-state index contributed by atoms with van der Waals surface area (Å²) in [5.74, 6) is 0.634. The Morgan fingerprint density at radius 2 is 2.29 bits per heavy atom. The van der Waals surface area contributed by atoms with Gasteiger partial charge in [0.15, 0.2) is 0 Å². The van der Waals surface area contributed by atoms with Crippen LogP contribution in [0.15, 0.2) is 22.7 Å². The first kappa shape index (κ1) is 15.8. The van der Waals surface area contributed by atoms with Crippen molar-refractivity contribution in [1.82, 2.24) is 5.32 Å². The van der Waals surface area contributed by atoms with Crippen LogP contribution >= 0.6 is 27.5 Å². The molecule has 1 aromatic rings. The van der Waals surface area contributed by atoms with Crippen LogP contribution in [0.3, 0.4) is 0 Å². The number of hydrogen-bond acceptors (Lipinski definition) is 2. The molecule has 2 aliphatic heterocycles. The molecule has 2 saturated heterocycles. The summed E-state index contributed by atoms with van der Waals surface area (Å²) in [6.45, 7) is 3.28. The molecule has 4 unspecified atom stereocenters. The fourth-order valence-electron chi connectivity index (χ4n) is 3.73. The van der Waals surface area contributed by atoms with Crippen LogP contribution in [0.25, 0.3) is 0 Å². The Hall–Kier alpha value is -0.0900. The minimum absolute atomic E-state index is 0.457. The van der Waals surface area contributed by atoms with Crippen molar-refractivity contribution in [1.29, 1.82) is 0 Å². The van der Waals surface area contributed by atoms with E-state index in [1.807, 2.05) is 6.07 Å². The number of hydrogen-bond donors (Lipinski definition) is 1. The molecule has 2 nitrogen and oxygen atoms in total. The molecule has 3 rings (SSSR count). The van der Waals surface area contributed by atoms with E-state index in [0.29, 0.717) is 24.2 Å². The van der Waals surface area contributed by atoms with Crippen molar-refractivity contribution in [3.63, 3.8) is 0 Å². The summed E-state index contributed by atoms with van der Waals surface area (Å²) in [4.78, 5) is 0. The van der Waals surface area contributed by atoms with Crippen LogP contribution < -0.4 is 5.32 Å². The van der Waals surface area contributed by atoms with Gasteiger partial charge in [-0.2, -0.15) is 0 Å². The van der Waals surface area contributed by atoms with Crippen LogP contribution in [0.1, 0.15) is 38.2 Å². The first-order valence-electron chi connectivity index (χ1n) is 8.00. The maximum Gasteiger partial charge on any atom is 0.0623 e. The fourth-order valence-corrected chi connectivity index (χ4v) is 4.48. The van der Waals surface area contributed by atoms with Crippen molar-refractivity contribution in [3.8, 4) is 0 Å². The molecule has 0 radical (unpaired) electrons. The highest BCUT2D eigenvalue weighted by Crippen LogP contribution is 2.41. The lowest BCUT2D eigenvalue weighted by atomic mass is 9.81. The summed E-state index contributed by atoms with van der Waals surface area (Å²) in [6.07, 6.45) is 6.80. The second-order valence-electron chi connectivity index (χ2n) is 6.27. The van der Waals surface area contributed by atoms with Crippen LogP contribution in [0.4, 0.5) is 0 Å². The minimum Gasteiger partial charge on any atom is -0.375 e. The van der Waals surface area contributed by atoms with Gasteiger partial charge < -0.3 is 10.1 Å². The van der Waals surface area contributed by atoms with Gasteiger partial charge in [0.05, 0.1) is 12.2 Å². The third kappa shape index (κ3) is 3.64. The molecule has 21 heavy (non-hydrogen) atoms. The first-order chi connectivity index (χ1) is 10.2. The number of fused-ring (bicyclic) bond motifs is 2. The van der Waals surface area contributed by atoms with Crippen LogP contribution in [0, 0.1) is 5.92 Å². The van der Waals surface area contributed by atoms with E-state index < -0.39 is 0 Å². The molecule has 116 valence electrons. The van der Waals surface area contributed by atoms with Crippen molar-refractivity contribution >= 4 is 27.5 Å². The maximum absolute atomic E-state index is 6.40. The standard InChI is InChI=1S/C17H23BrClNO/c1-2-7-20-16(14-10-13-5-6-17(14)21-13)8-11-3-4-12(18)9-15(11)19/h3-4,9,13-14,16-17,20H,2,5-8,10H2,1H3. The van der Waals surface area contributed by atoms with Gasteiger partial charge in [-0.3, -0.25) is 0 Å². The van der Waals surface area contributed by atoms with Gasteiger partial charge in [-0.25, -0.2) is 0 Å². The molecule has 1 aromatic carbocycles. The Morgan fingerprint density at radius 1 is 1.43 bits per heavy atom. The Balaban J connectivity index is 1.73. The smallest absolute Gasteiger partial charge is 0.0623 e. The molecule has 0 aliphatic carbocycles. The highest BCUT2D eigenvalue weighted by atomic mass is 79.9. The van der Waals surface area contributed by atoms with Crippen molar-refractivity contribution in [2.45, 2.75) is 57.3 Å². The third-order valence-electron chi connectivity index (χ3n) is 4.78. The van der Waals surface area contributed by atoms with Gasteiger partial charge in [0.2, 0.25) is 0 Å². The van der Waals surface area contributed by atoms with E-state index in [9.17, 15) is 0 Å². The number of ether oxygens (including phenoxy) is 1. The Bertz CT molecular complexity index is 496. The van der Waals surface area contributed by atoms with E-state index in [0.717, 1.165) is 28.9 Å². The molecular formula is C17H23BrClNO. The van der Waals surface area contributed by atoms with Crippen molar-refractivity contribution in [3.05, 3.63) is 33.3 Å². The molecule has 4 heteroatoms. The number of benzene rings is 1. The van der Waals surface area contributed by atoms with Crippen LogP contribution in [-0.4, -0.2) is 24.8 Å². The minimum atomic E-state index is 0.457. The molecule has 0 spiro atoms. The van der Waals surface area contributed by atoms with Crippen LogP contribution in [0.5, 0.6) is 0 Å². The predicted octanol–water partition coefficient (Wildman–Crippen LogP) is 4.58. The Labute approximate surface area is 140 Å². The zero-order chi connectivity index (χ0) is 14.8. The van der Waals surface area contributed by atoms with Crippen LogP contribution in [0.2, 0.25) is 5.02 Å². The predicted molar refractivity (Wildman–Crippen MR) is 90.9 cm³/mol. The van der Waals surface area contributed by atoms with Gasteiger partial charge >= 0.3 is 0 Å². The highest BCUT2D eigenvalue weighted by molar-refractivity contribution is 9.10. The lowest BCUT2D eigenvalue weighted by molar-refractivity contribution is 0.0857. The quantitative estimate of drug-likeness (QED) is 0.789. The monoisotopic (exact) mass is 371 g/mol. The van der Waals surface area contributed by atoms with Gasteiger partial charge in [-0.15, -0.1) is 0 Å². The normalized spacial score (nSPS) is 29.0. The van der Waals surface area contributed by atoms with Crippen molar-refractivity contribution < 1.29 is 4.74 Å².